The van der Waals surface area contributed by atoms with E-state index in [4.69, 9.17) is 14.0 Å². The summed E-state index contributed by atoms with van der Waals surface area (Å²) in [6.45, 7) is 6.63. The molecule has 2 aromatic rings. The molecule has 1 fully saturated rings. The largest absolute Gasteiger partial charge is 0.444 e. The van der Waals surface area contributed by atoms with Gasteiger partial charge in [-0.2, -0.15) is 4.98 Å². The van der Waals surface area contributed by atoms with E-state index in [-0.39, 0.29) is 41.0 Å². The molecule has 1 amide bonds. The number of halogens is 2. The van der Waals surface area contributed by atoms with E-state index in [1.54, 1.807) is 11.2 Å². The van der Waals surface area contributed by atoms with E-state index < -0.39 is 17.2 Å². The number of hydrogen-bond donors (Lipinski definition) is 0. The van der Waals surface area contributed by atoms with Crippen LogP contribution >= 0.6 is 11.8 Å². The molecule has 1 aliphatic rings. The molecule has 7 nitrogen and oxygen atoms in total. The molecule has 30 heavy (non-hydrogen) atoms. The molecule has 10 heteroatoms. The molecule has 1 aromatic carbocycles. The Morgan fingerprint density at radius 3 is 2.60 bits per heavy atom. The van der Waals surface area contributed by atoms with Gasteiger partial charge in [-0.1, -0.05) is 5.16 Å². The minimum absolute atomic E-state index is 0.0688. The first-order valence-electron chi connectivity index (χ1n) is 9.62. The minimum atomic E-state index is -0.633. The number of hydrogen-bond acceptors (Lipinski definition) is 7. The van der Waals surface area contributed by atoms with Crippen molar-refractivity contribution in [1.29, 1.82) is 0 Å². The summed E-state index contributed by atoms with van der Waals surface area (Å²) in [5.41, 5.74) is -0.617. The molecule has 0 aliphatic carbocycles. The third kappa shape index (κ3) is 5.69. The molecule has 164 valence electrons. The van der Waals surface area contributed by atoms with Gasteiger partial charge < -0.3 is 18.9 Å². The highest BCUT2D eigenvalue weighted by Crippen LogP contribution is 2.28. The summed E-state index contributed by atoms with van der Waals surface area (Å²) in [7, 11) is 0. The Balaban J connectivity index is 1.52. The standard InChI is InChI=1S/C20H25F2N3O4S/c1-20(2,3)28-19(26)25-7-5-12(6-8-25)27-11-17-23-18(29-24-17)13-9-15(22)16(30-4)10-14(13)21/h9-10,12H,5-8,11H2,1-4H3. The first kappa shape index (κ1) is 22.5. The molecule has 1 aliphatic heterocycles. The molecule has 1 aromatic heterocycles. The number of amides is 1. The highest BCUT2D eigenvalue weighted by Gasteiger charge is 2.27. The van der Waals surface area contributed by atoms with Gasteiger partial charge in [0, 0.05) is 18.0 Å². The summed E-state index contributed by atoms with van der Waals surface area (Å²) in [5.74, 6) is -1.04. The zero-order chi connectivity index (χ0) is 21.9. The van der Waals surface area contributed by atoms with Crippen molar-refractivity contribution in [1.82, 2.24) is 15.0 Å². The Hall–Kier alpha value is -2.20. The Kier molecular flexibility index (Phi) is 6.97. The molecular formula is C20H25F2N3O4S. The predicted octanol–water partition coefficient (Wildman–Crippen LogP) is 4.65. The lowest BCUT2D eigenvalue weighted by atomic mass is 10.1. The van der Waals surface area contributed by atoms with Crippen molar-refractivity contribution in [3.63, 3.8) is 0 Å². The maximum absolute atomic E-state index is 14.2. The average molecular weight is 442 g/mol. The van der Waals surface area contributed by atoms with Gasteiger partial charge in [0.2, 0.25) is 0 Å². The summed E-state index contributed by atoms with van der Waals surface area (Å²) < 4.78 is 44.4. The third-order valence-electron chi connectivity index (χ3n) is 4.48. The van der Waals surface area contributed by atoms with E-state index in [1.807, 2.05) is 20.8 Å². The van der Waals surface area contributed by atoms with E-state index in [1.165, 1.54) is 0 Å². The Morgan fingerprint density at radius 1 is 1.27 bits per heavy atom. The van der Waals surface area contributed by atoms with Crippen LogP contribution in [0.5, 0.6) is 0 Å². The van der Waals surface area contributed by atoms with Gasteiger partial charge in [0.25, 0.3) is 5.89 Å². The van der Waals surface area contributed by atoms with Gasteiger partial charge in [0.1, 0.15) is 23.8 Å². The molecule has 0 bridgehead atoms. The molecular weight excluding hydrogens is 416 g/mol. The minimum Gasteiger partial charge on any atom is -0.444 e. The Bertz CT molecular complexity index is 893. The van der Waals surface area contributed by atoms with Crippen molar-refractivity contribution in [2.45, 2.75) is 56.8 Å². The monoisotopic (exact) mass is 441 g/mol. The predicted molar refractivity (Wildman–Crippen MR) is 107 cm³/mol. The summed E-state index contributed by atoms with van der Waals surface area (Å²) >= 11 is 1.11. The number of rotatable bonds is 5. The van der Waals surface area contributed by atoms with Crippen molar-refractivity contribution in [2.75, 3.05) is 19.3 Å². The van der Waals surface area contributed by atoms with E-state index >= 15 is 0 Å². The van der Waals surface area contributed by atoms with Gasteiger partial charge in [-0.25, -0.2) is 13.6 Å². The number of nitrogens with zero attached hydrogens (tertiary/aromatic N) is 3. The Morgan fingerprint density at radius 2 is 1.97 bits per heavy atom. The van der Waals surface area contributed by atoms with Gasteiger partial charge >= 0.3 is 6.09 Å². The molecule has 1 saturated heterocycles. The van der Waals surface area contributed by atoms with Crippen molar-refractivity contribution in [2.24, 2.45) is 0 Å². The van der Waals surface area contributed by atoms with Gasteiger partial charge in [-0.15, -0.1) is 11.8 Å². The van der Waals surface area contributed by atoms with Crippen LogP contribution in [0, 0.1) is 11.6 Å². The lowest BCUT2D eigenvalue weighted by Gasteiger charge is -2.33. The lowest BCUT2D eigenvalue weighted by Crippen LogP contribution is -2.43. The van der Waals surface area contributed by atoms with Crippen LogP contribution in [0.2, 0.25) is 0 Å². The summed E-state index contributed by atoms with van der Waals surface area (Å²) in [4.78, 5) is 18.1. The first-order valence-corrected chi connectivity index (χ1v) is 10.8. The van der Waals surface area contributed by atoms with Crippen LogP contribution in [0.25, 0.3) is 11.5 Å². The maximum Gasteiger partial charge on any atom is 0.410 e. The highest BCUT2D eigenvalue weighted by molar-refractivity contribution is 7.98. The third-order valence-corrected chi connectivity index (χ3v) is 5.23. The summed E-state index contributed by atoms with van der Waals surface area (Å²) in [5, 5.41) is 3.78. The Labute approximate surface area is 178 Å². The number of piperidine rings is 1. The number of carbonyl (C=O) groups excluding carboxylic acids is 1. The SMILES string of the molecule is CSc1cc(F)c(-c2nc(COC3CCN(C(=O)OC(C)(C)C)CC3)no2)cc1F. The van der Waals surface area contributed by atoms with E-state index in [9.17, 15) is 13.6 Å². The van der Waals surface area contributed by atoms with Gasteiger partial charge in [-0.05, 0) is 52.0 Å². The zero-order valence-electron chi connectivity index (χ0n) is 17.4. The molecule has 0 atom stereocenters. The smallest absolute Gasteiger partial charge is 0.410 e. The van der Waals surface area contributed by atoms with Crippen molar-refractivity contribution < 1.29 is 27.6 Å². The molecule has 3 rings (SSSR count). The van der Waals surface area contributed by atoms with Crippen LogP contribution in [0.3, 0.4) is 0 Å². The second-order valence-electron chi connectivity index (χ2n) is 7.96. The van der Waals surface area contributed by atoms with E-state index in [0.29, 0.717) is 25.9 Å². The van der Waals surface area contributed by atoms with Gasteiger partial charge in [-0.3, -0.25) is 0 Å². The van der Waals surface area contributed by atoms with Crippen LogP contribution in [0.1, 0.15) is 39.4 Å². The highest BCUT2D eigenvalue weighted by atomic mass is 32.2. The lowest BCUT2D eigenvalue weighted by molar-refractivity contribution is -0.0190. The summed E-state index contributed by atoms with van der Waals surface area (Å²) in [6, 6.07) is 2.15. The normalized spacial score (nSPS) is 15.5. The number of benzene rings is 1. The van der Waals surface area contributed by atoms with Crippen molar-refractivity contribution in [3.05, 3.63) is 29.6 Å². The number of ether oxygens (including phenoxy) is 2. The van der Waals surface area contributed by atoms with Crippen LogP contribution in [0.4, 0.5) is 13.6 Å². The summed E-state index contributed by atoms with van der Waals surface area (Å²) in [6.07, 6.45) is 2.57. The second-order valence-corrected chi connectivity index (χ2v) is 8.81. The van der Waals surface area contributed by atoms with Crippen molar-refractivity contribution >= 4 is 17.9 Å². The number of carbonyl (C=O) groups is 1. The second kappa shape index (κ2) is 9.30. The fraction of sp³-hybridized carbons (Fsp3) is 0.550. The molecule has 0 unspecified atom stereocenters. The fourth-order valence-electron chi connectivity index (χ4n) is 2.99. The van der Waals surface area contributed by atoms with Crippen LogP contribution < -0.4 is 0 Å². The first-order chi connectivity index (χ1) is 14.2. The number of aromatic nitrogens is 2. The topological polar surface area (TPSA) is 77.7 Å². The molecule has 0 spiro atoms. The zero-order valence-corrected chi connectivity index (χ0v) is 18.2. The molecule has 2 heterocycles. The molecule has 0 radical (unpaired) electrons. The van der Waals surface area contributed by atoms with Crippen LogP contribution in [-0.4, -0.2) is 52.2 Å². The quantitative estimate of drug-likeness (QED) is 0.625. The number of thioether (sulfide) groups is 1. The average Bonchev–Trinajstić information content (AvgIpc) is 3.15. The number of likely N-dealkylation sites (tertiary alicyclic amines) is 1. The maximum atomic E-state index is 14.2. The molecule has 0 saturated carbocycles. The van der Waals surface area contributed by atoms with E-state index in [0.717, 1.165) is 23.9 Å². The molecule has 0 N–H and O–H groups in total. The van der Waals surface area contributed by atoms with Crippen molar-refractivity contribution in [3.8, 4) is 11.5 Å². The fourth-order valence-corrected chi connectivity index (χ4v) is 3.47. The van der Waals surface area contributed by atoms with Crippen LogP contribution in [-0.2, 0) is 16.1 Å². The van der Waals surface area contributed by atoms with Crippen LogP contribution in [0.15, 0.2) is 21.6 Å². The van der Waals surface area contributed by atoms with Gasteiger partial charge in [0.15, 0.2) is 5.82 Å². The van der Waals surface area contributed by atoms with E-state index in [2.05, 4.69) is 10.1 Å². The van der Waals surface area contributed by atoms with Gasteiger partial charge in [0.05, 0.1) is 11.7 Å².